The summed E-state index contributed by atoms with van der Waals surface area (Å²) in [5.74, 6) is -0.224. The van der Waals surface area contributed by atoms with Crippen LogP contribution in [0.1, 0.15) is 0 Å². The van der Waals surface area contributed by atoms with Crippen molar-refractivity contribution < 1.29 is 45.3 Å². The van der Waals surface area contributed by atoms with E-state index in [-0.39, 0.29) is 29.6 Å². The molecule has 2 aliphatic heterocycles. The summed E-state index contributed by atoms with van der Waals surface area (Å²) in [6, 6.07) is 8.69. The first kappa shape index (κ1) is 25.2. The van der Waals surface area contributed by atoms with Crippen molar-refractivity contribution in [3.8, 4) is 17.2 Å². The van der Waals surface area contributed by atoms with Crippen molar-refractivity contribution in [3.63, 3.8) is 0 Å². The molecule has 0 radical (unpaired) electrons. The summed E-state index contributed by atoms with van der Waals surface area (Å²) in [6.07, 6.45) is -4.80. The molecule has 3 atom stereocenters. The lowest BCUT2D eigenvalue weighted by molar-refractivity contribution is -0.274. The summed E-state index contributed by atoms with van der Waals surface area (Å²) in [4.78, 5) is 5.49. The maximum Gasteiger partial charge on any atom is 0.573 e. The largest absolute Gasteiger partial charge is 0.573 e. The van der Waals surface area contributed by atoms with E-state index in [9.17, 15) is 31.1 Å². The molecule has 1 saturated heterocycles. The van der Waals surface area contributed by atoms with Crippen molar-refractivity contribution >= 4 is 21.5 Å². The van der Waals surface area contributed by atoms with Gasteiger partial charge in [-0.1, -0.05) is 0 Å². The number of benzene rings is 2. The van der Waals surface area contributed by atoms with Crippen LogP contribution in [0.15, 0.2) is 65.7 Å². The number of nitrogens with one attached hydrogen (secondary N) is 1. The van der Waals surface area contributed by atoms with E-state index >= 15 is 0 Å². The van der Waals surface area contributed by atoms with Gasteiger partial charge in [-0.05, 0) is 48.5 Å². The van der Waals surface area contributed by atoms with Crippen LogP contribution < -0.4 is 19.1 Å². The molecule has 3 heterocycles. The van der Waals surface area contributed by atoms with E-state index in [1.54, 1.807) is 12.1 Å². The van der Waals surface area contributed by atoms with Gasteiger partial charge in [-0.3, -0.25) is 0 Å². The highest BCUT2D eigenvalue weighted by Gasteiger charge is 2.42. The molecule has 3 aromatic rings. The first-order valence-corrected chi connectivity index (χ1v) is 12.4. The highest BCUT2D eigenvalue weighted by atomic mass is 32.2. The van der Waals surface area contributed by atoms with Crippen molar-refractivity contribution in [1.29, 1.82) is 0 Å². The highest BCUT2D eigenvalue weighted by Crippen LogP contribution is 2.47. The van der Waals surface area contributed by atoms with Gasteiger partial charge in [0.15, 0.2) is 17.3 Å². The Balaban J connectivity index is 1.41. The minimum Gasteiger partial charge on any atom is -0.451 e. The van der Waals surface area contributed by atoms with Crippen LogP contribution in [0.2, 0.25) is 0 Å². The first-order valence-electron chi connectivity index (χ1n) is 10.9. The lowest BCUT2D eigenvalue weighted by Crippen LogP contribution is -2.60. The lowest BCUT2D eigenvalue weighted by Gasteiger charge is -2.43. The van der Waals surface area contributed by atoms with Gasteiger partial charge < -0.3 is 24.2 Å². The summed E-state index contributed by atoms with van der Waals surface area (Å²) in [5, 5.41) is 11.2. The third-order valence-corrected chi connectivity index (χ3v) is 7.28. The number of aliphatic hydroxyl groups excluding tert-OH is 1. The monoisotopic (exact) mass is 541 g/mol. The maximum atomic E-state index is 14.2. The predicted molar refractivity (Wildman–Crippen MR) is 121 cm³/mol. The van der Waals surface area contributed by atoms with Crippen LogP contribution in [0, 0.1) is 5.82 Å². The summed E-state index contributed by atoms with van der Waals surface area (Å²) in [5.41, 5.74) is 0.266. The number of anilines is 2. The van der Waals surface area contributed by atoms with E-state index in [0.29, 0.717) is 11.5 Å². The average molecular weight is 541 g/mol. The molecule has 2 N–H and O–H groups in total. The van der Waals surface area contributed by atoms with Crippen molar-refractivity contribution in [2.24, 2.45) is 0 Å². The molecule has 9 nitrogen and oxygen atoms in total. The van der Waals surface area contributed by atoms with Gasteiger partial charge in [-0.2, -0.15) is 0 Å². The molecule has 1 fully saturated rings. The van der Waals surface area contributed by atoms with Gasteiger partial charge in [0.25, 0.3) is 0 Å². The Kier molecular flexibility index (Phi) is 6.43. The molecule has 2 aromatic carbocycles. The fraction of sp³-hybridized carbons (Fsp3) is 0.261. The van der Waals surface area contributed by atoms with E-state index < -0.39 is 46.1 Å². The van der Waals surface area contributed by atoms with Crippen LogP contribution in [0.3, 0.4) is 0 Å². The second-order valence-electron chi connectivity index (χ2n) is 8.25. The number of aromatic nitrogens is 1. The number of aliphatic hydroxyl groups is 1. The smallest absolute Gasteiger partial charge is 0.451 e. The number of hydrogen-bond donors (Lipinski definition) is 2. The molecule has 2 aliphatic rings. The van der Waals surface area contributed by atoms with Gasteiger partial charge in [0, 0.05) is 12.3 Å². The molecule has 0 bridgehead atoms. The highest BCUT2D eigenvalue weighted by molar-refractivity contribution is 7.89. The minimum absolute atomic E-state index is 0.0468. The first-order chi connectivity index (χ1) is 17.5. The lowest BCUT2D eigenvalue weighted by atomic mass is 9.99. The molecular formula is C23H19F4N3O6S. The second-order valence-corrected chi connectivity index (χ2v) is 9.97. The van der Waals surface area contributed by atoms with Gasteiger partial charge in [-0.15, -0.1) is 13.2 Å². The van der Waals surface area contributed by atoms with E-state index in [1.165, 1.54) is 29.3 Å². The number of ether oxygens (including phenoxy) is 3. The third-order valence-electron chi connectivity index (χ3n) is 5.78. The number of fused-ring (bicyclic) bond motifs is 2. The zero-order valence-corrected chi connectivity index (χ0v) is 19.5. The van der Waals surface area contributed by atoms with Gasteiger partial charge in [0.1, 0.15) is 11.6 Å². The van der Waals surface area contributed by atoms with Crippen LogP contribution in [-0.2, 0) is 14.8 Å². The van der Waals surface area contributed by atoms with Crippen molar-refractivity contribution in [1.82, 2.24) is 9.71 Å². The van der Waals surface area contributed by atoms with Crippen LogP contribution >= 0.6 is 0 Å². The van der Waals surface area contributed by atoms with Gasteiger partial charge in [0.05, 0.1) is 42.0 Å². The molecular weight excluding hydrogens is 522 g/mol. The van der Waals surface area contributed by atoms with Crippen molar-refractivity contribution in [2.75, 3.05) is 18.1 Å². The molecule has 0 unspecified atom stereocenters. The number of nitrogens with zero attached hydrogens (tertiary/aromatic N) is 2. The summed E-state index contributed by atoms with van der Waals surface area (Å²) in [7, 11) is -4.28. The number of alkyl halides is 3. The summed E-state index contributed by atoms with van der Waals surface area (Å²) < 4.78 is 94.7. The van der Waals surface area contributed by atoms with Crippen LogP contribution in [0.25, 0.3) is 0 Å². The van der Waals surface area contributed by atoms with Crippen LogP contribution in [0.5, 0.6) is 17.2 Å². The SMILES string of the molecule is O=S(=O)(N[C@H]1COC[C@H](N2c3cc(F)ccc3Oc3cccnc32)[C@H]1O)c1ccc(OC(F)(F)F)cc1. The summed E-state index contributed by atoms with van der Waals surface area (Å²) in [6.45, 7) is -0.240. The number of hydrogen-bond acceptors (Lipinski definition) is 8. The van der Waals surface area contributed by atoms with E-state index in [2.05, 4.69) is 14.4 Å². The normalized spacial score (nSPS) is 21.5. The van der Waals surface area contributed by atoms with Crippen molar-refractivity contribution in [2.45, 2.75) is 29.4 Å². The van der Waals surface area contributed by atoms with E-state index in [4.69, 9.17) is 9.47 Å². The third kappa shape index (κ3) is 5.18. The van der Waals surface area contributed by atoms with E-state index in [1.807, 2.05) is 0 Å². The van der Waals surface area contributed by atoms with Crippen LogP contribution in [0.4, 0.5) is 29.1 Å². The molecule has 0 saturated carbocycles. The Morgan fingerprint density at radius 1 is 1.08 bits per heavy atom. The van der Waals surface area contributed by atoms with Gasteiger partial charge >= 0.3 is 6.36 Å². The Hall–Kier alpha value is -3.46. The standard InChI is InChI=1S/C23H19F4N3O6S/c24-13-3-8-19-17(10-13)30(22-20(35-19)2-1-9-28-22)18-12-34-11-16(21(18)31)29-37(32,33)15-6-4-14(5-7-15)36-23(25,26)27/h1-10,16,18,21,29,31H,11-12H2/t16-,18-,21-/m0/s1. The van der Waals surface area contributed by atoms with Gasteiger partial charge in [0.2, 0.25) is 10.0 Å². The van der Waals surface area contributed by atoms with Crippen molar-refractivity contribution in [3.05, 3.63) is 66.6 Å². The quantitative estimate of drug-likeness (QED) is 0.473. The number of sulfonamides is 1. The summed E-state index contributed by atoms with van der Waals surface area (Å²) >= 11 is 0. The maximum absolute atomic E-state index is 14.2. The molecule has 5 rings (SSSR count). The van der Waals surface area contributed by atoms with Gasteiger partial charge in [-0.25, -0.2) is 22.5 Å². The Bertz CT molecular complexity index is 1400. The van der Waals surface area contributed by atoms with Crippen LogP contribution in [-0.4, -0.2) is 56.3 Å². The van der Waals surface area contributed by atoms with E-state index in [0.717, 1.165) is 24.3 Å². The Labute approximate surface area is 208 Å². The number of rotatable bonds is 5. The molecule has 1 aromatic heterocycles. The molecule has 0 spiro atoms. The number of pyridine rings is 1. The predicted octanol–water partition coefficient (Wildman–Crippen LogP) is 3.47. The fourth-order valence-electron chi connectivity index (χ4n) is 4.18. The second kappa shape index (κ2) is 9.45. The molecule has 196 valence electrons. The molecule has 14 heteroatoms. The zero-order chi connectivity index (χ0) is 26.4. The Morgan fingerprint density at radius 3 is 2.57 bits per heavy atom. The number of halogens is 4. The topological polar surface area (TPSA) is 110 Å². The zero-order valence-electron chi connectivity index (χ0n) is 18.7. The fourth-order valence-corrected chi connectivity index (χ4v) is 5.41. The minimum atomic E-state index is -4.92. The average Bonchev–Trinajstić information content (AvgIpc) is 2.83. The Morgan fingerprint density at radius 2 is 1.84 bits per heavy atom. The molecule has 37 heavy (non-hydrogen) atoms. The molecule has 0 amide bonds. The molecule has 0 aliphatic carbocycles.